The molecule has 72 valence electrons. The summed E-state index contributed by atoms with van der Waals surface area (Å²) in [5.41, 5.74) is 0. The number of alkyl halides is 1. The van der Waals surface area contributed by atoms with E-state index in [4.69, 9.17) is 4.74 Å². The van der Waals surface area contributed by atoms with Crippen LogP contribution in [0.3, 0.4) is 0 Å². The molecule has 3 heteroatoms. The van der Waals surface area contributed by atoms with Crippen LogP contribution in [0.2, 0.25) is 0 Å². The molecule has 0 aromatic carbocycles. The van der Waals surface area contributed by atoms with Crippen molar-refractivity contribution in [3.8, 4) is 0 Å². The highest BCUT2D eigenvalue weighted by Gasteiger charge is 2.19. The molecular formula is C9H17FO2. The number of halogens is 1. The Morgan fingerprint density at radius 1 is 1.25 bits per heavy atom. The van der Waals surface area contributed by atoms with Gasteiger partial charge in [0.2, 0.25) is 0 Å². The van der Waals surface area contributed by atoms with Crippen molar-refractivity contribution in [3.05, 3.63) is 0 Å². The van der Waals surface area contributed by atoms with E-state index >= 15 is 0 Å². The van der Waals surface area contributed by atoms with Crippen molar-refractivity contribution in [1.29, 1.82) is 0 Å². The summed E-state index contributed by atoms with van der Waals surface area (Å²) in [5.74, 6) is 0. The lowest BCUT2D eigenvalue weighted by molar-refractivity contribution is -0.00522. The first-order valence-corrected chi connectivity index (χ1v) is 4.68. The summed E-state index contributed by atoms with van der Waals surface area (Å²) < 4.78 is 17.1. The fraction of sp³-hybridized carbons (Fsp3) is 1.00. The first-order chi connectivity index (χ1) is 5.83. The molecule has 0 aromatic rings. The summed E-state index contributed by atoms with van der Waals surface area (Å²) in [6.45, 7) is 0.229. The minimum atomic E-state index is -0.296. The van der Waals surface area contributed by atoms with Gasteiger partial charge in [-0.2, -0.15) is 0 Å². The molecule has 1 fully saturated rings. The summed E-state index contributed by atoms with van der Waals surface area (Å²) in [6.07, 6.45) is 4.14. The van der Waals surface area contributed by atoms with E-state index < -0.39 is 0 Å². The summed E-state index contributed by atoms with van der Waals surface area (Å²) >= 11 is 0. The van der Waals surface area contributed by atoms with E-state index in [-0.39, 0.29) is 18.9 Å². The largest absolute Gasteiger partial charge is 0.393 e. The van der Waals surface area contributed by atoms with Crippen molar-refractivity contribution < 1.29 is 14.2 Å². The Labute approximate surface area is 72.7 Å². The summed E-state index contributed by atoms with van der Waals surface area (Å²) in [7, 11) is 0. The molecule has 0 unspecified atom stereocenters. The monoisotopic (exact) mass is 176 g/mol. The molecule has 1 N–H and O–H groups in total. The van der Waals surface area contributed by atoms with Crippen LogP contribution in [0.4, 0.5) is 4.39 Å². The van der Waals surface area contributed by atoms with Gasteiger partial charge in [0.15, 0.2) is 0 Å². The average Bonchev–Trinajstić information content (AvgIpc) is 2.09. The van der Waals surface area contributed by atoms with Crippen LogP contribution < -0.4 is 0 Å². The molecule has 0 saturated heterocycles. The zero-order valence-electron chi connectivity index (χ0n) is 7.34. The number of hydrogen-bond acceptors (Lipinski definition) is 2. The summed E-state index contributed by atoms with van der Waals surface area (Å²) in [4.78, 5) is 0. The second kappa shape index (κ2) is 5.49. The van der Waals surface area contributed by atoms with E-state index in [1.807, 2.05) is 0 Å². The van der Waals surface area contributed by atoms with Crippen LogP contribution in [0.1, 0.15) is 32.1 Å². The highest BCUT2D eigenvalue weighted by atomic mass is 19.1. The molecule has 0 spiro atoms. The van der Waals surface area contributed by atoms with Crippen LogP contribution >= 0.6 is 0 Å². The zero-order chi connectivity index (χ0) is 8.81. The number of rotatable bonds is 4. The summed E-state index contributed by atoms with van der Waals surface area (Å²) in [5, 5.41) is 9.18. The molecule has 1 aliphatic rings. The quantitative estimate of drug-likeness (QED) is 0.660. The minimum Gasteiger partial charge on any atom is -0.393 e. The number of hydrogen-bond donors (Lipinski definition) is 1. The molecule has 0 bridgehead atoms. The highest BCUT2D eigenvalue weighted by Crippen LogP contribution is 2.20. The third-order valence-corrected chi connectivity index (χ3v) is 2.28. The van der Waals surface area contributed by atoms with Crippen LogP contribution in [0, 0.1) is 0 Å². The van der Waals surface area contributed by atoms with Gasteiger partial charge in [-0.15, -0.1) is 0 Å². The molecule has 12 heavy (non-hydrogen) atoms. The predicted octanol–water partition coefficient (Wildman–Crippen LogP) is 1.67. The molecular weight excluding hydrogens is 159 g/mol. The van der Waals surface area contributed by atoms with Crippen molar-refractivity contribution in [2.24, 2.45) is 0 Å². The lowest BCUT2D eigenvalue weighted by atomic mass is 9.95. The third-order valence-electron chi connectivity index (χ3n) is 2.28. The molecule has 1 saturated carbocycles. The topological polar surface area (TPSA) is 29.5 Å². The maximum atomic E-state index is 11.7. The molecule has 0 aromatic heterocycles. The Morgan fingerprint density at radius 2 is 1.92 bits per heavy atom. The van der Waals surface area contributed by atoms with Gasteiger partial charge in [0.25, 0.3) is 0 Å². The number of aliphatic hydroxyl groups is 1. The van der Waals surface area contributed by atoms with E-state index in [2.05, 4.69) is 0 Å². The van der Waals surface area contributed by atoms with Crippen LogP contribution in [0.15, 0.2) is 0 Å². The number of ether oxygens (including phenoxy) is 1. The van der Waals surface area contributed by atoms with Crippen LogP contribution in [-0.4, -0.2) is 30.6 Å². The molecule has 0 radical (unpaired) electrons. The standard InChI is InChI=1S/C9H17FO2/c10-6-1-7-12-9-4-2-8(11)3-5-9/h8-9,11H,1-7H2. The predicted molar refractivity (Wildman–Crippen MR) is 44.8 cm³/mol. The van der Waals surface area contributed by atoms with Gasteiger partial charge >= 0.3 is 0 Å². The lowest BCUT2D eigenvalue weighted by Gasteiger charge is -2.25. The Kier molecular flexibility index (Phi) is 4.54. The van der Waals surface area contributed by atoms with E-state index in [0.29, 0.717) is 13.0 Å². The van der Waals surface area contributed by atoms with Crippen LogP contribution in [0.5, 0.6) is 0 Å². The average molecular weight is 176 g/mol. The Balaban J connectivity index is 2.01. The molecule has 2 nitrogen and oxygen atoms in total. The fourth-order valence-corrected chi connectivity index (χ4v) is 1.52. The maximum Gasteiger partial charge on any atom is 0.0916 e. The van der Waals surface area contributed by atoms with Gasteiger partial charge in [-0.25, -0.2) is 0 Å². The fourth-order valence-electron chi connectivity index (χ4n) is 1.52. The Hall–Kier alpha value is -0.150. The number of aliphatic hydroxyl groups excluding tert-OH is 1. The van der Waals surface area contributed by atoms with Gasteiger partial charge < -0.3 is 9.84 Å². The smallest absolute Gasteiger partial charge is 0.0916 e. The van der Waals surface area contributed by atoms with Gasteiger partial charge in [0.1, 0.15) is 0 Å². The van der Waals surface area contributed by atoms with E-state index in [1.165, 1.54) is 0 Å². The van der Waals surface area contributed by atoms with E-state index in [1.54, 1.807) is 0 Å². The Morgan fingerprint density at radius 3 is 2.50 bits per heavy atom. The third kappa shape index (κ3) is 3.50. The second-order valence-corrected chi connectivity index (χ2v) is 3.34. The van der Waals surface area contributed by atoms with Gasteiger partial charge in [0.05, 0.1) is 18.9 Å². The Bertz CT molecular complexity index is 111. The highest BCUT2D eigenvalue weighted by molar-refractivity contribution is 4.71. The van der Waals surface area contributed by atoms with Crippen LogP contribution in [0.25, 0.3) is 0 Å². The van der Waals surface area contributed by atoms with Crippen molar-refractivity contribution in [2.45, 2.75) is 44.3 Å². The van der Waals surface area contributed by atoms with Crippen molar-refractivity contribution in [1.82, 2.24) is 0 Å². The first kappa shape index (κ1) is 9.93. The normalized spacial score (nSPS) is 30.5. The lowest BCUT2D eigenvalue weighted by Crippen LogP contribution is -2.24. The SMILES string of the molecule is OC1CCC(OCCCF)CC1. The van der Waals surface area contributed by atoms with E-state index in [9.17, 15) is 9.50 Å². The molecule has 0 aliphatic heterocycles. The van der Waals surface area contributed by atoms with E-state index in [0.717, 1.165) is 25.7 Å². The maximum absolute atomic E-state index is 11.7. The first-order valence-electron chi connectivity index (χ1n) is 4.68. The summed E-state index contributed by atoms with van der Waals surface area (Å²) in [6, 6.07) is 0. The zero-order valence-corrected chi connectivity index (χ0v) is 7.34. The van der Waals surface area contributed by atoms with Crippen molar-refractivity contribution in [3.63, 3.8) is 0 Å². The van der Waals surface area contributed by atoms with Gasteiger partial charge in [0, 0.05) is 6.61 Å². The van der Waals surface area contributed by atoms with Crippen molar-refractivity contribution >= 4 is 0 Å². The molecule has 0 atom stereocenters. The molecule has 0 amide bonds. The van der Waals surface area contributed by atoms with Gasteiger partial charge in [-0.05, 0) is 32.1 Å². The van der Waals surface area contributed by atoms with Crippen molar-refractivity contribution in [2.75, 3.05) is 13.3 Å². The second-order valence-electron chi connectivity index (χ2n) is 3.34. The van der Waals surface area contributed by atoms with Crippen LogP contribution in [-0.2, 0) is 4.74 Å². The molecule has 1 aliphatic carbocycles. The van der Waals surface area contributed by atoms with Gasteiger partial charge in [-0.3, -0.25) is 4.39 Å². The van der Waals surface area contributed by atoms with Gasteiger partial charge in [-0.1, -0.05) is 0 Å². The minimum absolute atomic E-state index is 0.133. The molecule has 0 heterocycles. The molecule has 1 rings (SSSR count).